The summed E-state index contributed by atoms with van der Waals surface area (Å²) in [7, 11) is 0. The van der Waals surface area contributed by atoms with Crippen LogP contribution in [0.25, 0.3) is 0 Å². The lowest BCUT2D eigenvalue weighted by molar-refractivity contribution is -0.386. The summed E-state index contributed by atoms with van der Waals surface area (Å²) in [6, 6.07) is 4.27. The third-order valence-corrected chi connectivity index (χ3v) is 4.68. The molecule has 2 unspecified atom stereocenters. The molecule has 110 valence electrons. The number of halogens is 1. The quantitative estimate of drug-likeness (QED) is 0.666. The van der Waals surface area contributed by atoms with Crippen LogP contribution in [-0.4, -0.2) is 22.2 Å². The molecule has 0 saturated heterocycles. The zero-order valence-electron chi connectivity index (χ0n) is 11.5. The molecule has 20 heavy (non-hydrogen) atoms. The van der Waals surface area contributed by atoms with Crippen LogP contribution in [0.1, 0.15) is 33.1 Å². The lowest BCUT2D eigenvalue weighted by atomic mass is 9.60. The van der Waals surface area contributed by atoms with Crippen molar-refractivity contribution in [3.05, 3.63) is 33.3 Å². The highest BCUT2D eigenvalue weighted by Gasteiger charge is 2.54. The number of hydrogen-bond acceptors (Lipinski definition) is 4. The number of aliphatic hydroxyl groups is 1. The van der Waals surface area contributed by atoms with E-state index in [4.69, 9.17) is 16.3 Å². The summed E-state index contributed by atoms with van der Waals surface area (Å²) in [5, 5.41) is 21.4. The van der Waals surface area contributed by atoms with Crippen LogP contribution in [0.3, 0.4) is 0 Å². The van der Waals surface area contributed by atoms with Gasteiger partial charge < -0.3 is 9.84 Å². The van der Waals surface area contributed by atoms with Gasteiger partial charge in [0.15, 0.2) is 5.75 Å². The Morgan fingerprint density at radius 1 is 1.50 bits per heavy atom. The summed E-state index contributed by atoms with van der Waals surface area (Å²) < 4.78 is 5.81. The first-order chi connectivity index (χ1) is 9.44. The van der Waals surface area contributed by atoms with Crippen LogP contribution in [0.2, 0.25) is 5.02 Å². The summed E-state index contributed by atoms with van der Waals surface area (Å²) in [6.07, 6.45) is 1.39. The standard InChI is InChI=1S/C14H18ClNO4/c1-3-14(4-2)12(17)8-13(14)20-11-7-9(15)5-6-10(11)16(18)19/h5-7,12-13,17H,3-4,8H2,1-2H3. The van der Waals surface area contributed by atoms with Crippen LogP contribution in [-0.2, 0) is 0 Å². The summed E-state index contributed by atoms with van der Waals surface area (Å²) in [4.78, 5) is 10.5. The van der Waals surface area contributed by atoms with Crippen LogP contribution in [0.15, 0.2) is 18.2 Å². The molecule has 1 saturated carbocycles. The molecule has 1 aromatic carbocycles. The van der Waals surface area contributed by atoms with E-state index in [2.05, 4.69) is 0 Å². The molecule has 0 spiro atoms. The number of benzene rings is 1. The molecule has 1 aliphatic carbocycles. The maximum absolute atomic E-state index is 11.0. The molecule has 0 amide bonds. The molecule has 2 rings (SSSR count). The summed E-state index contributed by atoms with van der Waals surface area (Å²) in [5.41, 5.74) is -0.423. The molecule has 2 atom stereocenters. The third-order valence-electron chi connectivity index (χ3n) is 4.45. The van der Waals surface area contributed by atoms with E-state index in [1.807, 2.05) is 13.8 Å². The van der Waals surface area contributed by atoms with Gasteiger partial charge >= 0.3 is 5.69 Å². The fraction of sp³-hybridized carbons (Fsp3) is 0.571. The second-order valence-corrected chi connectivity index (χ2v) is 5.60. The fourth-order valence-corrected chi connectivity index (χ4v) is 3.12. The van der Waals surface area contributed by atoms with Crippen molar-refractivity contribution >= 4 is 17.3 Å². The summed E-state index contributed by atoms with van der Waals surface area (Å²) in [5.74, 6) is 0.172. The maximum Gasteiger partial charge on any atom is 0.311 e. The van der Waals surface area contributed by atoms with Crippen LogP contribution < -0.4 is 4.74 Å². The molecule has 5 nitrogen and oxygen atoms in total. The molecule has 0 radical (unpaired) electrons. The van der Waals surface area contributed by atoms with Gasteiger partial charge in [-0.2, -0.15) is 0 Å². The minimum atomic E-state index is -0.486. The Labute approximate surface area is 122 Å². The van der Waals surface area contributed by atoms with Crippen LogP contribution >= 0.6 is 11.6 Å². The van der Waals surface area contributed by atoms with E-state index in [1.165, 1.54) is 18.2 Å². The van der Waals surface area contributed by atoms with Crippen molar-refractivity contribution in [3.8, 4) is 5.75 Å². The normalized spacial score (nSPS) is 24.0. The first-order valence-electron chi connectivity index (χ1n) is 6.73. The Kier molecular flexibility index (Phi) is 4.20. The van der Waals surface area contributed by atoms with Crippen molar-refractivity contribution in [2.75, 3.05) is 0 Å². The van der Waals surface area contributed by atoms with E-state index in [0.717, 1.165) is 12.8 Å². The number of ether oxygens (including phenoxy) is 1. The van der Waals surface area contributed by atoms with Gasteiger partial charge in [-0.25, -0.2) is 0 Å². The number of aliphatic hydroxyl groups excluding tert-OH is 1. The largest absolute Gasteiger partial charge is 0.483 e. The zero-order chi connectivity index (χ0) is 14.9. The maximum atomic E-state index is 11.0. The van der Waals surface area contributed by atoms with Gasteiger partial charge in [0.25, 0.3) is 0 Å². The highest BCUT2D eigenvalue weighted by Crippen LogP contribution is 2.49. The average Bonchev–Trinajstić information content (AvgIpc) is 2.39. The number of nitro benzene ring substituents is 1. The van der Waals surface area contributed by atoms with Gasteiger partial charge in [-0.1, -0.05) is 25.4 Å². The van der Waals surface area contributed by atoms with Gasteiger partial charge in [0.05, 0.1) is 11.0 Å². The van der Waals surface area contributed by atoms with E-state index in [0.29, 0.717) is 11.4 Å². The van der Waals surface area contributed by atoms with Crippen LogP contribution in [0.5, 0.6) is 5.75 Å². The minimum Gasteiger partial charge on any atom is -0.483 e. The lowest BCUT2D eigenvalue weighted by Gasteiger charge is -2.52. The minimum absolute atomic E-state index is 0.100. The predicted molar refractivity (Wildman–Crippen MR) is 76.2 cm³/mol. The van der Waals surface area contributed by atoms with E-state index >= 15 is 0 Å². The second kappa shape index (κ2) is 5.58. The van der Waals surface area contributed by atoms with Crippen molar-refractivity contribution in [2.45, 2.75) is 45.3 Å². The molecular weight excluding hydrogens is 282 g/mol. The van der Waals surface area contributed by atoms with Crippen LogP contribution in [0, 0.1) is 15.5 Å². The monoisotopic (exact) mass is 299 g/mol. The first kappa shape index (κ1) is 15.1. The van der Waals surface area contributed by atoms with E-state index in [-0.39, 0.29) is 23.0 Å². The Hall–Kier alpha value is -1.33. The molecule has 0 heterocycles. The van der Waals surface area contributed by atoms with Gasteiger partial charge in [-0.05, 0) is 18.9 Å². The highest BCUT2D eigenvalue weighted by atomic mass is 35.5. The molecule has 1 aliphatic rings. The summed E-state index contributed by atoms with van der Waals surface area (Å²) >= 11 is 5.88. The number of rotatable bonds is 5. The smallest absolute Gasteiger partial charge is 0.311 e. The SMILES string of the molecule is CCC1(CC)C(O)CC1Oc1cc(Cl)ccc1[N+](=O)[O-]. The molecule has 1 fully saturated rings. The van der Waals surface area contributed by atoms with Crippen molar-refractivity contribution in [1.29, 1.82) is 0 Å². The average molecular weight is 300 g/mol. The van der Waals surface area contributed by atoms with Gasteiger partial charge in [0, 0.05) is 29.0 Å². The number of nitro groups is 1. The lowest BCUT2D eigenvalue weighted by Crippen LogP contribution is -2.59. The van der Waals surface area contributed by atoms with Crippen molar-refractivity contribution < 1.29 is 14.8 Å². The van der Waals surface area contributed by atoms with Crippen molar-refractivity contribution in [1.82, 2.24) is 0 Å². The van der Waals surface area contributed by atoms with Crippen molar-refractivity contribution in [3.63, 3.8) is 0 Å². The third kappa shape index (κ3) is 2.36. The zero-order valence-corrected chi connectivity index (χ0v) is 12.3. The number of nitrogens with zero attached hydrogens (tertiary/aromatic N) is 1. The molecule has 1 N–H and O–H groups in total. The first-order valence-corrected chi connectivity index (χ1v) is 7.11. The van der Waals surface area contributed by atoms with Gasteiger partial charge in [0.2, 0.25) is 0 Å². The topological polar surface area (TPSA) is 72.6 Å². The van der Waals surface area contributed by atoms with Gasteiger partial charge in [-0.3, -0.25) is 10.1 Å². The Morgan fingerprint density at radius 3 is 2.65 bits per heavy atom. The van der Waals surface area contributed by atoms with Crippen LogP contribution in [0.4, 0.5) is 5.69 Å². The predicted octanol–water partition coefficient (Wildman–Crippen LogP) is 3.57. The van der Waals surface area contributed by atoms with Crippen molar-refractivity contribution in [2.24, 2.45) is 5.41 Å². The highest BCUT2D eigenvalue weighted by molar-refractivity contribution is 6.30. The Morgan fingerprint density at radius 2 is 2.15 bits per heavy atom. The molecule has 0 aromatic heterocycles. The van der Waals surface area contributed by atoms with Gasteiger partial charge in [0.1, 0.15) is 6.10 Å². The van der Waals surface area contributed by atoms with E-state index < -0.39 is 11.0 Å². The number of hydrogen-bond donors (Lipinski definition) is 1. The van der Waals surface area contributed by atoms with E-state index in [9.17, 15) is 15.2 Å². The molecule has 0 aliphatic heterocycles. The molecule has 6 heteroatoms. The fourth-order valence-electron chi connectivity index (χ4n) is 2.95. The summed E-state index contributed by atoms with van der Waals surface area (Å²) in [6.45, 7) is 3.99. The molecular formula is C14H18ClNO4. The van der Waals surface area contributed by atoms with Gasteiger partial charge in [-0.15, -0.1) is 0 Å². The molecule has 1 aromatic rings. The second-order valence-electron chi connectivity index (χ2n) is 5.17. The van der Waals surface area contributed by atoms with E-state index in [1.54, 1.807) is 0 Å². The molecule has 0 bridgehead atoms. The Bertz CT molecular complexity index is 516. The Balaban J connectivity index is 2.27.